The number of methoxy groups -OCH3 is 1. The summed E-state index contributed by atoms with van der Waals surface area (Å²) in [5.74, 6) is -0.0385. The molecule has 0 bridgehead atoms. The average molecular weight is 250 g/mol. The summed E-state index contributed by atoms with van der Waals surface area (Å²) in [4.78, 5) is 11.8. The van der Waals surface area contributed by atoms with Gasteiger partial charge < -0.3 is 15.4 Å². The van der Waals surface area contributed by atoms with Crippen LogP contribution in [0.2, 0.25) is 0 Å². The molecule has 0 heterocycles. The molecule has 0 aliphatic rings. The van der Waals surface area contributed by atoms with E-state index in [0.717, 1.165) is 17.8 Å². The predicted molar refractivity (Wildman–Crippen MR) is 73.5 cm³/mol. The smallest absolute Gasteiger partial charge is 0.227 e. The molecule has 4 nitrogen and oxygen atoms in total. The molecule has 0 aliphatic heterocycles. The Morgan fingerprint density at radius 2 is 2.11 bits per heavy atom. The number of benzene rings is 1. The first kappa shape index (κ1) is 14.7. The van der Waals surface area contributed by atoms with Gasteiger partial charge >= 0.3 is 0 Å². The van der Waals surface area contributed by atoms with Crippen molar-refractivity contribution in [3.8, 4) is 0 Å². The highest BCUT2D eigenvalue weighted by Crippen LogP contribution is 2.16. The molecule has 2 N–H and O–H groups in total. The fourth-order valence-corrected chi connectivity index (χ4v) is 1.63. The topological polar surface area (TPSA) is 50.4 Å². The molecule has 18 heavy (non-hydrogen) atoms. The van der Waals surface area contributed by atoms with Crippen LogP contribution < -0.4 is 10.6 Å². The highest BCUT2D eigenvalue weighted by atomic mass is 16.5. The maximum atomic E-state index is 11.8. The molecule has 4 heteroatoms. The summed E-state index contributed by atoms with van der Waals surface area (Å²) in [6, 6.07) is 7.81. The summed E-state index contributed by atoms with van der Waals surface area (Å²) >= 11 is 0. The number of nitrogens with one attached hydrogen (secondary N) is 2. The Labute approximate surface area is 109 Å². The maximum Gasteiger partial charge on any atom is 0.227 e. The molecule has 0 saturated heterocycles. The molecule has 1 amide bonds. The van der Waals surface area contributed by atoms with Crippen LogP contribution >= 0.6 is 0 Å². The fourth-order valence-electron chi connectivity index (χ4n) is 1.63. The zero-order valence-corrected chi connectivity index (χ0v) is 11.5. The van der Waals surface area contributed by atoms with E-state index >= 15 is 0 Å². The molecule has 0 unspecified atom stereocenters. The Balaban J connectivity index is 2.61. The van der Waals surface area contributed by atoms with Crippen LogP contribution in [0, 0.1) is 0 Å². The van der Waals surface area contributed by atoms with Crippen molar-refractivity contribution >= 4 is 11.6 Å². The van der Waals surface area contributed by atoms with E-state index in [1.165, 1.54) is 0 Å². The van der Waals surface area contributed by atoms with Crippen molar-refractivity contribution in [2.75, 3.05) is 19.5 Å². The third kappa shape index (κ3) is 4.85. The Kier molecular flexibility index (Phi) is 5.31. The molecule has 100 valence electrons. The highest BCUT2D eigenvalue weighted by molar-refractivity contribution is 5.91. The minimum absolute atomic E-state index is 0.0385. The first-order valence-corrected chi connectivity index (χ1v) is 6.05. The molecule has 0 atom stereocenters. The largest absolute Gasteiger partial charge is 0.378 e. The van der Waals surface area contributed by atoms with E-state index in [2.05, 4.69) is 10.6 Å². The number of ether oxygens (including phenoxy) is 1. The second-order valence-corrected chi connectivity index (χ2v) is 4.92. The van der Waals surface area contributed by atoms with Crippen LogP contribution in [0.15, 0.2) is 24.3 Å². The summed E-state index contributed by atoms with van der Waals surface area (Å²) in [5.41, 5.74) is 1.52. The number of carbonyl (C=O) groups excluding carboxylic acids is 1. The molecule has 1 rings (SSSR count). The first-order chi connectivity index (χ1) is 8.46. The lowest BCUT2D eigenvalue weighted by Crippen LogP contribution is -2.29. The minimum Gasteiger partial charge on any atom is -0.378 e. The number of carbonyl (C=O) groups is 1. The van der Waals surface area contributed by atoms with Crippen molar-refractivity contribution in [1.82, 2.24) is 5.32 Å². The van der Waals surface area contributed by atoms with Crippen LogP contribution in [0.25, 0.3) is 0 Å². The molecular weight excluding hydrogens is 228 g/mol. The second-order valence-electron chi connectivity index (χ2n) is 4.92. The Morgan fingerprint density at radius 3 is 2.72 bits per heavy atom. The van der Waals surface area contributed by atoms with Crippen LogP contribution in [0.3, 0.4) is 0 Å². The molecule has 0 saturated carbocycles. The third-order valence-electron chi connectivity index (χ3n) is 2.73. The van der Waals surface area contributed by atoms with Gasteiger partial charge in [-0.05, 0) is 38.6 Å². The van der Waals surface area contributed by atoms with E-state index in [1.54, 1.807) is 7.11 Å². The number of rotatable bonds is 6. The van der Waals surface area contributed by atoms with Crippen molar-refractivity contribution in [3.63, 3.8) is 0 Å². The number of anilines is 1. The molecule has 0 spiro atoms. The van der Waals surface area contributed by atoms with Crippen LogP contribution in [0.4, 0.5) is 5.69 Å². The molecule has 0 aliphatic carbocycles. The molecule has 1 aromatic rings. The van der Waals surface area contributed by atoms with Gasteiger partial charge in [-0.15, -0.1) is 0 Å². The van der Waals surface area contributed by atoms with Crippen molar-refractivity contribution in [2.24, 2.45) is 0 Å². The molecule has 0 radical (unpaired) electrons. The van der Waals surface area contributed by atoms with Crippen molar-refractivity contribution in [1.29, 1.82) is 0 Å². The van der Waals surface area contributed by atoms with Crippen molar-refractivity contribution in [2.45, 2.75) is 32.4 Å². The van der Waals surface area contributed by atoms with Gasteiger partial charge in [0.15, 0.2) is 0 Å². The van der Waals surface area contributed by atoms with E-state index in [0.29, 0.717) is 6.42 Å². The van der Waals surface area contributed by atoms with E-state index in [1.807, 2.05) is 45.2 Å². The van der Waals surface area contributed by atoms with Crippen molar-refractivity contribution in [3.05, 3.63) is 29.8 Å². The Morgan fingerprint density at radius 1 is 1.39 bits per heavy atom. The predicted octanol–water partition coefficient (Wildman–Crippen LogP) is 2.16. The third-order valence-corrected chi connectivity index (χ3v) is 2.73. The lowest BCUT2D eigenvalue weighted by Gasteiger charge is -2.22. The maximum absolute atomic E-state index is 11.8. The summed E-state index contributed by atoms with van der Waals surface area (Å²) < 4.78 is 5.24. The summed E-state index contributed by atoms with van der Waals surface area (Å²) in [6.07, 6.45) is 0.333. The molecule has 0 aromatic heterocycles. The van der Waals surface area contributed by atoms with Gasteiger partial charge in [-0.1, -0.05) is 12.1 Å². The van der Waals surface area contributed by atoms with Gasteiger partial charge in [0, 0.05) is 19.3 Å². The summed E-state index contributed by atoms with van der Waals surface area (Å²) in [6.45, 7) is 4.57. The average Bonchev–Trinajstić information content (AvgIpc) is 2.29. The van der Waals surface area contributed by atoms with Crippen LogP contribution in [-0.2, 0) is 16.1 Å². The molecular formula is C14H22N2O2. The van der Waals surface area contributed by atoms with Gasteiger partial charge in [0.2, 0.25) is 5.91 Å². The monoisotopic (exact) mass is 250 g/mol. The Hall–Kier alpha value is -1.39. The van der Waals surface area contributed by atoms with Crippen LogP contribution in [0.1, 0.15) is 25.8 Å². The molecule has 1 aromatic carbocycles. The van der Waals surface area contributed by atoms with E-state index in [9.17, 15) is 4.79 Å². The number of hydrogen-bond donors (Lipinski definition) is 2. The van der Waals surface area contributed by atoms with E-state index < -0.39 is 5.60 Å². The lowest BCUT2D eigenvalue weighted by atomic mass is 10.0. The number of hydrogen-bond acceptors (Lipinski definition) is 3. The lowest BCUT2D eigenvalue weighted by molar-refractivity contribution is -0.121. The first-order valence-electron chi connectivity index (χ1n) is 6.05. The van der Waals surface area contributed by atoms with Crippen LogP contribution in [-0.4, -0.2) is 25.7 Å². The molecule has 0 fully saturated rings. The van der Waals surface area contributed by atoms with Gasteiger partial charge in [-0.3, -0.25) is 4.79 Å². The standard InChI is InChI=1S/C14H22N2O2/c1-14(2,18-4)9-13(17)16-12-7-5-6-11(8-12)10-15-3/h5-8,15H,9-10H2,1-4H3,(H,16,17). The van der Waals surface area contributed by atoms with Gasteiger partial charge in [0.25, 0.3) is 0 Å². The fraction of sp³-hybridized carbons (Fsp3) is 0.500. The van der Waals surface area contributed by atoms with Crippen molar-refractivity contribution < 1.29 is 9.53 Å². The van der Waals surface area contributed by atoms with Gasteiger partial charge in [0.1, 0.15) is 0 Å². The summed E-state index contributed by atoms with van der Waals surface area (Å²) in [7, 11) is 3.51. The zero-order valence-electron chi connectivity index (χ0n) is 11.5. The zero-order chi connectivity index (χ0) is 13.6. The van der Waals surface area contributed by atoms with Gasteiger partial charge in [0.05, 0.1) is 12.0 Å². The second kappa shape index (κ2) is 6.52. The highest BCUT2D eigenvalue weighted by Gasteiger charge is 2.20. The SMILES string of the molecule is CNCc1cccc(NC(=O)CC(C)(C)OC)c1. The van der Waals surface area contributed by atoms with Gasteiger partial charge in [-0.2, -0.15) is 0 Å². The van der Waals surface area contributed by atoms with Gasteiger partial charge in [-0.25, -0.2) is 0 Å². The Bertz CT molecular complexity index is 403. The number of amides is 1. The van der Waals surface area contributed by atoms with Crippen LogP contribution in [0.5, 0.6) is 0 Å². The summed E-state index contributed by atoms with van der Waals surface area (Å²) in [5, 5.41) is 5.96. The van der Waals surface area contributed by atoms with E-state index in [4.69, 9.17) is 4.74 Å². The minimum atomic E-state index is -0.438. The normalized spacial score (nSPS) is 11.3. The van der Waals surface area contributed by atoms with E-state index in [-0.39, 0.29) is 5.91 Å². The quantitative estimate of drug-likeness (QED) is 0.813.